The van der Waals surface area contributed by atoms with Crippen LogP contribution in [0, 0.1) is 0 Å². The van der Waals surface area contributed by atoms with Gasteiger partial charge in [-0.1, -0.05) is 53.4 Å². The minimum absolute atomic E-state index is 0.183. The zero-order valence-electron chi connectivity index (χ0n) is 16.8. The molecule has 0 spiro atoms. The van der Waals surface area contributed by atoms with E-state index in [4.69, 9.17) is 15.6 Å². The molecule has 0 saturated carbocycles. The van der Waals surface area contributed by atoms with Crippen molar-refractivity contribution in [2.75, 3.05) is 24.2 Å². The maximum absolute atomic E-state index is 8.97. The SMILES string of the molecule is Nc1nc2nc(SCc3cccc(Oc4ccccc4)c3)nc(NCCCCO)c2s1. The molecule has 160 valence electrons. The van der Waals surface area contributed by atoms with Crippen molar-refractivity contribution in [1.82, 2.24) is 15.0 Å². The minimum Gasteiger partial charge on any atom is -0.457 e. The maximum Gasteiger partial charge on any atom is 0.191 e. The molecule has 0 bridgehead atoms. The summed E-state index contributed by atoms with van der Waals surface area (Å²) in [5.74, 6) is 3.03. The number of hydrogen-bond acceptors (Lipinski definition) is 9. The first kappa shape index (κ1) is 21.4. The fraction of sp³-hybridized carbons (Fsp3) is 0.227. The molecule has 0 saturated heterocycles. The molecule has 4 aromatic rings. The van der Waals surface area contributed by atoms with Crippen LogP contribution in [0.2, 0.25) is 0 Å². The van der Waals surface area contributed by atoms with Gasteiger partial charge in [0.1, 0.15) is 16.2 Å². The van der Waals surface area contributed by atoms with Gasteiger partial charge >= 0.3 is 0 Å². The monoisotopic (exact) mass is 453 g/mol. The second-order valence-electron chi connectivity index (χ2n) is 6.77. The highest BCUT2D eigenvalue weighted by molar-refractivity contribution is 7.98. The molecule has 0 fully saturated rings. The van der Waals surface area contributed by atoms with Crippen molar-refractivity contribution in [1.29, 1.82) is 0 Å². The summed E-state index contributed by atoms with van der Waals surface area (Å²) >= 11 is 2.91. The molecular weight excluding hydrogens is 430 g/mol. The Hall–Kier alpha value is -2.88. The van der Waals surface area contributed by atoms with Gasteiger partial charge in [0.25, 0.3) is 0 Å². The van der Waals surface area contributed by atoms with E-state index in [2.05, 4.69) is 26.3 Å². The number of thioether (sulfide) groups is 1. The molecule has 9 heteroatoms. The Kier molecular flexibility index (Phi) is 7.18. The fourth-order valence-corrected chi connectivity index (χ4v) is 4.44. The molecule has 4 N–H and O–H groups in total. The third-order valence-electron chi connectivity index (χ3n) is 4.37. The predicted octanol–water partition coefficient (Wildman–Crippen LogP) is 4.94. The number of para-hydroxylation sites is 1. The first-order valence-corrected chi connectivity index (χ1v) is 11.7. The Morgan fingerprint density at radius 1 is 1.00 bits per heavy atom. The summed E-state index contributed by atoms with van der Waals surface area (Å²) in [6.45, 7) is 0.899. The number of ether oxygens (including phenoxy) is 1. The molecule has 2 heterocycles. The standard InChI is InChI=1S/C22H23N5O2S2/c23-21-25-20-18(31-21)19(24-11-4-5-12-28)26-22(27-20)30-14-15-7-6-10-17(13-15)29-16-8-2-1-3-9-16/h1-3,6-10,13,28H,4-5,11-12,14H2,(H3,23,24,25,26,27). The minimum atomic E-state index is 0.183. The second kappa shape index (κ2) is 10.4. The molecule has 0 aliphatic carbocycles. The zero-order chi connectivity index (χ0) is 21.5. The molecule has 7 nitrogen and oxygen atoms in total. The number of anilines is 2. The molecule has 2 aromatic heterocycles. The number of hydrogen-bond donors (Lipinski definition) is 3. The summed E-state index contributed by atoms with van der Waals surface area (Å²) < 4.78 is 6.77. The van der Waals surface area contributed by atoms with E-state index < -0.39 is 0 Å². The average Bonchev–Trinajstić information content (AvgIpc) is 3.16. The lowest BCUT2D eigenvalue weighted by atomic mass is 10.2. The lowest BCUT2D eigenvalue weighted by molar-refractivity contribution is 0.286. The van der Waals surface area contributed by atoms with Gasteiger partial charge in [-0.2, -0.15) is 0 Å². The van der Waals surface area contributed by atoms with Crippen molar-refractivity contribution in [3.8, 4) is 11.5 Å². The van der Waals surface area contributed by atoms with Gasteiger partial charge in [-0.05, 0) is 42.7 Å². The van der Waals surface area contributed by atoms with Gasteiger partial charge in [0.15, 0.2) is 21.8 Å². The first-order chi connectivity index (χ1) is 15.2. The summed E-state index contributed by atoms with van der Waals surface area (Å²) in [6.07, 6.45) is 1.60. The number of unbranched alkanes of at least 4 members (excludes halogenated alkanes) is 1. The number of fused-ring (bicyclic) bond motifs is 1. The molecule has 0 radical (unpaired) electrons. The average molecular weight is 454 g/mol. The van der Waals surface area contributed by atoms with Crippen molar-refractivity contribution >= 4 is 44.4 Å². The second-order valence-corrected chi connectivity index (χ2v) is 8.74. The molecule has 4 rings (SSSR count). The van der Waals surface area contributed by atoms with Gasteiger partial charge in [0, 0.05) is 18.9 Å². The van der Waals surface area contributed by atoms with Gasteiger partial charge in [0.05, 0.1) is 0 Å². The van der Waals surface area contributed by atoms with Gasteiger partial charge < -0.3 is 20.9 Å². The normalized spacial score (nSPS) is 11.0. The Balaban J connectivity index is 1.46. The van der Waals surface area contributed by atoms with Crippen molar-refractivity contribution < 1.29 is 9.84 Å². The number of aromatic nitrogens is 3. The first-order valence-electron chi connectivity index (χ1n) is 9.94. The van der Waals surface area contributed by atoms with Crippen LogP contribution in [0.15, 0.2) is 59.8 Å². The number of rotatable bonds is 10. The molecule has 2 aromatic carbocycles. The van der Waals surface area contributed by atoms with Gasteiger partial charge in [-0.25, -0.2) is 15.0 Å². The fourth-order valence-electron chi connectivity index (χ4n) is 2.92. The predicted molar refractivity (Wildman–Crippen MR) is 127 cm³/mol. The van der Waals surface area contributed by atoms with Gasteiger partial charge in [0.2, 0.25) is 0 Å². The van der Waals surface area contributed by atoms with E-state index >= 15 is 0 Å². The molecule has 0 unspecified atom stereocenters. The largest absolute Gasteiger partial charge is 0.457 e. The van der Waals surface area contributed by atoms with Gasteiger partial charge in [-0.15, -0.1) is 0 Å². The molecule has 0 aliphatic heterocycles. The number of benzene rings is 2. The molecule has 0 atom stereocenters. The number of aliphatic hydroxyl groups excluding tert-OH is 1. The zero-order valence-corrected chi connectivity index (χ0v) is 18.5. The highest BCUT2D eigenvalue weighted by Crippen LogP contribution is 2.32. The van der Waals surface area contributed by atoms with Crippen LogP contribution in [0.5, 0.6) is 11.5 Å². The molecule has 0 aliphatic rings. The van der Waals surface area contributed by atoms with Gasteiger partial charge in [-0.3, -0.25) is 0 Å². The van der Waals surface area contributed by atoms with E-state index in [1.54, 1.807) is 0 Å². The highest BCUT2D eigenvalue weighted by atomic mass is 32.2. The number of nitrogen functional groups attached to an aromatic ring is 1. The number of thiazole rings is 1. The number of nitrogens with zero attached hydrogens (tertiary/aromatic N) is 3. The Morgan fingerprint density at radius 2 is 1.84 bits per heavy atom. The van der Waals surface area contributed by atoms with E-state index in [0.717, 1.165) is 40.4 Å². The number of nitrogens with one attached hydrogen (secondary N) is 1. The van der Waals surface area contributed by atoms with Crippen LogP contribution >= 0.6 is 23.1 Å². The van der Waals surface area contributed by atoms with Crippen LogP contribution in [0.25, 0.3) is 10.3 Å². The van der Waals surface area contributed by atoms with Crippen LogP contribution in [0.3, 0.4) is 0 Å². The smallest absolute Gasteiger partial charge is 0.191 e. The lowest BCUT2D eigenvalue weighted by Crippen LogP contribution is -2.05. The number of nitrogens with two attached hydrogens (primary N) is 1. The number of aliphatic hydroxyl groups is 1. The third kappa shape index (κ3) is 5.84. The quantitative estimate of drug-likeness (QED) is 0.176. The van der Waals surface area contributed by atoms with Crippen LogP contribution in [-0.4, -0.2) is 33.2 Å². The van der Waals surface area contributed by atoms with Crippen LogP contribution < -0.4 is 15.8 Å². The highest BCUT2D eigenvalue weighted by Gasteiger charge is 2.13. The molecule has 31 heavy (non-hydrogen) atoms. The Bertz CT molecular complexity index is 1140. The van der Waals surface area contributed by atoms with E-state index in [1.165, 1.54) is 23.1 Å². The van der Waals surface area contributed by atoms with Crippen molar-refractivity contribution in [3.63, 3.8) is 0 Å². The van der Waals surface area contributed by atoms with Crippen molar-refractivity contribution in [2.45, 2.75) is 23.8 Å². The molecule has 0 amide bonds. The van der Waals surface area contributed by atoms with E-state index in [1.807, 2.05) is 48.5 Å². The summed E-state index contributed by atoms with van der Waals surface area (Å²) in [5, 5.41) is 13.4. The van der Waals surface area contributed by atoms with E-state index in [-0.39, 0.29) is 6.61 Å². The lowest BCUT2D eigenvalue weighted by Gasteiger charge is -2.09. The maximum atomic E-state index is 8.97. The van der Waals surface area contributed by atoms with Crippen molar-refractivity contribution in [2.24, 2.45) is 0 Å². The topological polar surface area (TPSA) is 106 Å². The summed E-state index contributed by atoms with van der Waals surface area (Å²) in [7, 11) is 0. The third-order valence-corrected chi connectivity index (χ3v) is 6.17. The summed E-state index contributed by atoms with van der Waals surface area (Å²) in [5.41, 5.74) is 7.60. The van der Waals surface area contributed by atoms with E-state index in [0.29, 0.717) is 28.2 Å². The van der Waals surface area contributed by atoms with E-state index in [9.17, 15) is 0 Å². The van der Waals surface area contributed by atoms with Crippen molar-refractivity contribution in [3.05, 3.63) is 60.2 Å². The molecular formula is C22H23N5O2S2. The van der Waals surface area contributed by atoms with Crippen LogP contribution in [0.1, 0.15) is 18.4 Å². The summed E-state index contributed by atoms with van der Waals surface area (Å²) in [4.78, 5) is 13.6. The van der Waals surface area contributed by atoms with Crippen LogP contribution in [0.4, 0.5) is 10.9 Å². The van der Waals surface area contributed by atoms with Crippen LogP contribution in [-0.2, 0) is 5.75 Å². The summed E-state index contributed by atoms with van der Waals surface area (Å²) in [6, 6.07) is 17.7. The Labute approximate surface area is 188 Å². The Morgan fingerprint density at radius 3 is 2.68 bits per heavy atom.